The molecule has 3 rings (SSSR count). The predicted molar refractivity (Wildman–Crippen MR) is 57.7 cm³/mol. The Kier molecular flexibility index (Phi) is 1.66. The number of hydrogen-bond donors (Lipinski definition) is 0. The zero-order valence-corrected chi connectivity index (χ0v) is 8.42. The van der Waals surface area contributed by atoms with E-state index in [1.165, 1.54) is 30.4 Å². The highest BCUT2D eigenvalue weighted by Gasteiger charge is 2.27. The SMILES string of the molecule is COc1ccc2c3c1C=CCC3CC2. The molecule has 0 radical (unpaired) electrons. The number of benzene rings is 1. The fourth-order valence-electron chi connectivity index (χ4n) is 2.77. The Bertz CT molecular complexity index is 404. The normalized spacial score (nSPS) is 22.2. The summed E-state index contributed by atoms with van der Waals surface area (Å²) in [4.78, 5) is 0. The van der Waals surface area contributed by atoms with E-state index < -0.39 is 0 Å². The number of rotatable bonds is 1. The van der Waals surface area contributed by atoms with E-state index in [0.29, 0.717) is 0 Å². The number of allylic oxidation sites excluding steroid dienone is 1. The molecule has 0 amide bonds. The number of ether oxygens (including phenoxy) is 1. The van der Waals surface area contributed by atoms with E-state index >= 15 is 0 Å². The van der Waals surface area contributed by atoms with Gasteiger partial charge in [-0.15, -0.1) is 0 Å². The van der Waals surface area contributed by atoms with Crippen LogP contribution in [0.1, 0.15) is 35.4 Å². The number of hydrogen-bond acceptors (Lipinski definition) is 1. The fourth-order valence-corrected chi connectivity index (χ4v) is 2.77. The molecule has 1 aromatic carbocycles. The van der Waals surface area contributed by atoms with Gasteiger partial charge in [-0.2, -0.15) is 0 Å². The van der Waals surface area contributed by atoms with Crippen LogP contribution in [0.3, 0.4) is 0 Å². The molecule has 1 nitrogen and oxygen atoms in total. The summed E-state index contributed by atoms with van der Waals surface area (Å²) in [6, 6.07) is 4.34. The standard InChI is InChI=1S/C13H14O/c1-14-12-8-7-10-6-5-9-3-2-4-11(12)13(9)10/h2,4,7-9H,3,5-6H2,1H3. The van der Waals surface area contributed by atoms with Crippen molar-refractivity contribution in [3.05, 3.63) is 34.9 Å². The summed E-state index contributed by atoms with van der Waals surface area (Å²) in [5.74, 6) is 1.80. The van der Waals surface area contributed by atoms with Crippen LogP contribution in [-0.2, 0) is 6.42 Å². The molecule has 1 heteroatoms. The summed E-state index contributed by atoms with van der Waals surface area (Å²) >= 11 is 0. The molecule has 0 aliphatic heterocycles. The van der Waals surface area contributed by atoms with Gasteiger partial charge < -0.3 is 4.74 Å². The maximum Gasteiger partial charge on any atom is 0.126 e. The lowest BCUT2D eigenvalue weighted by atomic mass is 9.88. The Balaban J connectivity index is 2.27. The average Bonchev–Trinajstić information content (AvgIpc) is 2.65. The Morgan fingerprint density at radius 2 is 2.29 bits per heavy atom. The second-order valence-electron chi connectivity index (χ2n) is 4.13. The molecule has 2 aliphatic rings. The highest BCUT2D eigenvalue weighted by Crippen LogP contribution is 2.44. The first-order valence-electron chi connectivity index (χ1n) is 5.26. The van der Waals surface area contributed by atoms with Gasteiger partial charge in [0.15, 0.2) is 0 Å². The summed E-state index contributed by atoms with van der Waals surface area (Å²) in [6.45, 7) is 0. The zero-order chi connectivity index (χ0) is 9.54. The van der Waals surface area contributed by atoms with Crippen molar-refractivity contribution in [1.29, 1.82) is 0 Å². The largest absolute Gasteiger partial charge is 0.496 e. The Morgan fingerprint density at radius 1 is 1.36 bits per heavy atom. The molecule has 1 atom stereocenters. The van der Waals surface area contributed by atoms with Gasteiger partial charge in [0.2, 0.25) is 0 Å². The Labute approximate surface area is 84.4 Å². The quantitative estimate of drug-likeness (QED) is 0.654. The van der Waals surface area contributed by atoms with Gasteiger partial charge in [-0.25, -0.2) is 0 Å². The van der Waals surface area contributed by atoms with Crippen molar-refractivity contribution in [2.24, 2.45) is 0 Å². The summed E-state index contributed by atoms with van der Waals surface area (Å²) in [7, 11) is 1.75. The van der Waals surface area contributed by atoms with Crippen molar-refractivity contribution in [2.75, 3.05) is 7.11 Å². The molecule has 14 heavy (non-hydrogen) atoms. The lowest BCUT2D eigenvalue weighted by molar-refractivity contribution is 0.412. The van der Waals surface area contributed by atoms with Crippen LogP contribution in [-0.4, -0.2) is 7.11 Å². The zero-order valence-electron chi connectivity index (χ0n) is 8.42. The van der Waals surface area contributed by atoms with Crippen LogP contribution in [0.2, 0.25) is 0 Å². The van der Waals surface area contributed by atoms with Crippen LogP contribution in [0.4, 0.5) is 0 Å². The van der Waals surface area contributed by atoms with Gasteiger partial charge in [-0.05, 0) is 42.4 Å². The summed E-state index contributed by atoms with van der Waals surface area (Å²) in [5.41, 5.74) is 4.43. The average molecular weight is 186 g/mol. The smallest absolute Gasteiger partial charge is 0.126 e. The highest BCUT2D eigenvalue weighted by molar-refractivity contribution is 5.67. The molecule has 0 fully saturated rings. The van der Waals surface area contributed by atoms with E-state index in [0.717, 1.165) is 11.7 Å². The van der Waals surface area contributed by atoms with E-state index in [4.69, 9.17) is 4.74 Å². The number of methoxy groups -OCH3 is 1. The molecule has 0 spiro atoms. The summed E-state index contributed by atoms with van der Waals surface area (Å²) in [5, 5.41) is 0. The van der Waals surface area contributed by atoms with Crippen LogP contribution in [0.5, 0.6) is 5.75 Å². The van der Waals surface area contributed by atoms with Crippen LogP contribution in [0.15, 0.2) is 18.2 Å². The minimum absolute atomic E-state index is 0.764. The van der Waals surface area contributed by atoms with Crippen LogP contribution in [0, 0.1) is 0 Å². The Morgan fingerprint density at radius 3 is 3.14 bits per heavy atom. The molecule has 0 N–H and O–H groups in total. The number of aryl methyl sites for hydroxylation is 1. The van der Waals surface area contributed by atoms with E-state index in [9.17, 15) is 0 Å². The molecule has 1 unspecified atom stereocenters. The van der Waals surface area contributed by atoms with E-state index in [1.54, 1.807) is 12.7 Å². The van der Waals surface area contributed by atoms with E-state index in [-0.39, 0.29) is 0 Å². The molecular weight excluding hydrogens is 172 g/mol. The van der Waals surface area contributed by atoms with Gasteiger partial charge in [0, 0.05) is 5.56 Å². The first-order chi connectivity index (χ1) is 6.90. The molecule has 0 saturated carbocycles. The predicted octanol–water partition coefficient (Wildman–Crippen LogP) is 3.14. The van der Waals surface area contributed by atoms with Crippen molar-refractivity contribution in [3.8, 4) is 5.75 Å². The monoisotopic (exact) mass is 186 g/mol. The molecule has 0 saturated heterocycles. The van der Waals surface area contributed by atoms with Gasteiger partial charge in [0.05, 0.1) is 7.11 Å². The first kappa shape index (κ1) is 8.10. The van der Waals surface area contributed by atoms with Crippen molar-refractivity contribution in [2.45, 2.75) is 25.2 Å². The summed E-state index contributed by atoms with van der Waals surface area (Å²) < 4.78 is 5.39. The Hall–Kier alpha value is -1.24. The van der Waals surface area contributed by atoms with Crippen molar-refractivity contribution >= 4 is 6.08 Å². The lowest BCUT2D eigenvalue weighted by Crippen LogP contribution is -2.01. The molecule has 1 aromatic rings. The molecule has 2 aliphatic carbocycles. The van der Waals surface area contributed by atoms with Crippen molar-refractivity contribution in [3.63, 3.8) is 0 Å². The molecular formula is C13H14O. The van der Waals surface area contributed by atoms with Crippen LogP contribution < -0.4 is 4.74 Å². The maximum absolute atomic E-state index is 5.39. The molecule has 0 bridgehead atoms. The minimum Gasteiger partial charge on any atom is -0.496 e. The van der Waals surface area contributed by atoms with E-state index in [1.807, 2.05) is 0 Å². The molecule has 72 valence electrons. The van der Waals surface area contributed by atoms with Gasteiger partial charge >= 0.3 is 0 Å². The van der Waals surface area contributed by atoms with Crippen LogP contribution in [0.25, 0.3) is 6.08 Å². The van der Waals surface area contributed by atoms with Gasteiger partial charge in [-0.3, -0.25) is 0 Å². The van der Waals surface area contributed by atoms with Crippen LogP contribution >= 0.6 is 0 Å². The van der Waals surface area contributed by atoms with Crippen molar-refractivity contribution in [1.82, 2.24) is 0 Å². The van der Waals surface area contributed by atoms with E-state index in [2.05, 4.69) is 24.3 Å². The molecule has 0 heterocycles. The first-order valence-corrected chi connectivity index (χ1v) is 5.26. The second-order valence-corrected chi connectivity index (χ2v) is 4.13. The topological polar surface area (TPSA) is 9.23 Å². The third-order valence-electron chi connectivity index (χ3n) is 3.43. The third-order valence-corrected chi connectivity index (χ3v) is 3.43. The summed E-state index contributed by atoms with van der Waals surface area (Å²) in [6.07, 6.45) is 8.29. The highest BCUT2D eigenvalue weighted by atomic mass is 16.5. The lowest BCUT2D eigenvalue weighted by Gasteiger charge is -2.19. The van der Waals surface area contributed by atoms with Gasteiger partial charge in [0.1, 0.15) is 5.75 Å². The van der Waals surface area contributed by atoms with Gasteiger partial charge in [0.25, 0.3) is 0 Å². The minimum atomic E-state index is 0.764. The maximum atomic E-state index is 5.39. The van der Waals surface area contributed by atoms with Gasteiger partial charge in [-0.1, -0.05) is 18.2 Å². The third kappa shape index (κ3) is 0.955. The second kappa shape index (κ2) is 2.88. The van der Waals surface area contributed by atoms with Crippen molar-refractivity contribution < 1.29 is 4.74 Å². The fraction of sp³-hybridized carbons (Fsp3) is 0.385. The molecule has 0 aromatic heterocycles.